The van der Waals surface area contributed by atoms with Crippen LogP contribution in [0.15, 0.2) is 24.3 Å². The van der Waals surface area contributed by atoms with Crippen molar-refractivity contribution in [1.82, 2.24) is 5.32 Å². The molecule has 0 bridgehead atoms. The number of benzene rings is 1. The summed E-state index contributed by atoms with van der Waals surface area (Å²) < 4.78 is 10.2. The lowest BCUT2D eigenvalue weighted by molar-refractivity contribution is -0.154. The Morgan fingerprint density at radius 3 is 2.29 bits per heavy atom. The Kier molecular flexibility index (Phi) is 6.37. The van der Waals surface area contributed by atoms with Crippen LogP contribution in [0.4, 0.5) is 0 Å². The third-order valence-corrected chi connectivity index (χ3v) is 2.44. The van der Waals surface area contributed by atoms with Gasteiger partial charge in [0.1, 0.15) is 11.4 Å². The molecule has 1 rings (SSSR count). The van der Waals surface area contributed by atoms with Gasteiger partial charge in [-0.1, -0.05) is 12.1 Å². The first-order valence-corrected chi connectivity index (χ1v) is 6.96. The molecule has 116 valence electrons. The quantitative estimate of drug-likeness (QED) is 0.496. The molecule has 5 nitrogen and oxygen atoms in total. The van der Waals surface area contributed by atoms with Crippen LogP contribution in [0, 0.1) is 0 Å². The highest BCUT2D eigenvalue weighted by Gasteiger charge is 2.15. The largest absolute Gasteiger partial charge is 0.460 e. The molecule has 0 aliphatic rings. The van der Waals surface area contributed by atoms with E-state index < -0.39 is 5.60 Å². The average molecular weight is 293 g/mol. The topological polar surface area (TPSA) is 64.6 Å². The zero-order valence-corrected chi connectivity index (χ0v) is 13.1. The van der Waals surface area contributed by atoms with E-state index in [4.69, 9.17) is 9.47 Å². The number of esters is 2. The minimum Gasteiger partial charge on any atom is -0.460 e. The maximum Gasteiger partial charge on any atom is 0.308 e. The lowest BCUT2D eigenvalue weighted by Gasteiger charge is -2.19. The predicted molar refractivity (Wildman–Crippen MR) is 79.9 cm³/mol. The summed E-state index contributed by atoms with van der Waals surface area (Å²) in [5, 5.41) is 3.17. The number of hydrogen-bond donors (Lipinski definition) is 1. The second kappa shape index (κ2) is 7.78. The zero-order chi connectivity index (χ0) is 15.9. The van der Waals surface area contributed by atoms with Gasteiger partial charge in [-0.25, -0.2) is 0 Å². The number of hydrogen-bond acceptors (Lipinski definition) is 5. The van der Waals surface area contributed by atoms with Crippen molar-refractivity contribution in [3.8, 4) is 5.75 Å². The molecule has 1 aromatic carbocycles. The first kappa shape index (κ1) is 17.2. The van der Waals surface area contributed by atoms with Crippen LogP contribution in [0.3, 0.4) is 0 Å². The molecule has 1 N–H and O–H groups in total. The maximum absolute atomic E-state index is 11.5. The highest BCUT2D eigenvalue weighted by atomic mass is 16.6. The fraction of sp³-hybridized carbons (Fsp3) is 0.500. The van der Waals surface area contributed by atoms with Gasteiger partial charge in [0, 0.05) is 20.0 Å². The van der Waals surface area contributed by atoms with E-state index in [2.05, 4.69) is 5.32 Å². The van der Waals surface area contributed by atoms with Crippen LogP contribution >= 0.6 is 0 Å². The fourth-order valence-electron chi connectivity index (χ4n) is 1.66. The first-order valence-electron chi connectivity index (χ1n) is 6.96. The SMILES string of the molecule is CC(=O)Oc1ccc(CNCCC(=O)OC(C)(C)C)cc1. The van der Waals surface area contributed by atoms with E-state index >= 15 is 0 Å². The summed E-state index contributed by atoms with van der Waals surface area (Å²) in [7, 11) is 0. The van der Waals surface area contributed by atoms with E-state index in [-0.39, 0.29) is 11.9 Å². The fourth-order valence-corrected chi connectivity index (χ4v) is 1.66. The Morgan fingerprint density at radius 1 is 1.14 bits per heavy atom. The molecule has 0 heterocycles. The third-order valence-electron chi connectivity index (χ3n) is 2.44. The minimum atomic E-state index is -0.441. The summed E-state index contributed by atoms with van der Waals surface area (Å²) in [6, 6.07) is 7.23. The van der Waals surface area contributed by atoms with Gasteiger partial charge in [0.25, 0.3) is 0 Å². The maximum atomic E-state index is 11.5. The molecule has 1 aromatic rings. The van der Waals surface area contributed by atoms with Crippen molar-refractivity contribution in [3.05, 3.63) is 29.8 Å². The van der Waals surface area contributed by atoms with E-state index in [9.17, 15) is 9.59 Å². The van der Waals surface area contributed by atoms with Crippen molar-refractivity contribution >= 4 is 11.9 Å². The van der Waals surface area contributed by atoms with E-state index in [1.54, 1.807) is 12.1 Å². The van der Waals surface area contributed by atoms with E-state index in [1.165, 1.54) is 6.92 Å². The summed E-state index contributed by atoms with van der Waals surface area (Å²) in [4.78, 5) is 22.3. The molecule has 0 aliphatic carbocycles. The van der Waals surface area contributed by atoms with Crippen molar-refractivity contribution in [2.75, 3.05) is 6.54 Å². The zero-order valence-electron chi connectivity index (χ0n) is 13.1. The summed E-state index contributed by atoms with van der Waals surface area (Å²) in [6.07, 6.45) is 0.336. The molecule has 0 spiro atoms. The second-order valence-electron chi connectivity index (χ2n) is 5.75. The standard InChI is InChI=1S/C16H23NO4/c1-12(18)20-14-7-5-13(6-8-14)11-17-10-9-15(19)21-16(2,3)4/h5-8,17H,9-11H2,1-4H3. The summed E-state index contributed by atoms with van der Waals surface area (Å²) in [6.45, 7) is 8.12. The third kappa shape index (κ3) is 8.09. The molecule has 0 unspecified atom stereocenters. The summed E-state index contributed by atoms with van der Waals surface area (Å²) in [5.74, 6) is -0.0153. The molecule has 0 aromatic heterocycles. The molecular weight excluding hydrogens is 270 g/mol. The van der Waals surface area contributed by atoms with Crippen LogP contribution in [0.25, 0.3) is 0 Å². The van der Waals surface area contributed by atoms with E-state index in [0.717, 1.165) is 5.56 Å². The molecule has 0 radical (unpaired) electrons. The number of carbonyl (C=O) groups excluding carboxylic acids is 2. The van der Waals surface area contributed by atoms with Gasteiger partial charge in [-0.15, -0.1) is 0 Å². The van der Waals surface area contributed by atoms with Crippen LogP contribution in [0.2, 0.25) is 0 Å². The highest BCUT2D eigenvalue weighted by Crippen LogP contribution is 2.12. The van der Waals surface area contributed by atoms with Crippen molar-refractivity contribution in [3.63, 3.8) is 0 Å². The van der Waals surface area contributed by atoms with Crippen molar-refractivity contribution in [1.29, 1.82) is 0 Å². The normalized spacial score (nSPS) is 11.0. The monoisotopic (exact) mass is 293 g/mol. The van der Waals surface area contributed by atoms with Crippen LogP contribution < -0.4 is 10.1 Å². The average Bonchev–Trinajstić information content (AvgIpc) is 2.34. The Balaban J connectivity index is 2.27. The molecule has 0 aliphatic heterocycles. The van der Waals surface area contributed by atoms with Gasteiger partial charge >= 0.3 is 11.9 Å². The molecule has 0 saturated heterocycles. The molecular formula is C16H23NO4. The van der Waals surface area contributed by atoms with Gasteiger partial charge in [0.15, 0.2) is 0 Å². The number of carbonyl (C=O) groups is 2. The lowest BCUT2D eigenvalue weighted by atomic mass is 10.2. The van der Waals surface area contributed by atoms with Crippen molar-refractivity contribution < 1.29 is 19.1 Å². The van der Waals surface area contributed by atoms with Crippen LogP contribution in [0.5, 0.6) is 5.75 Å². The molecule has 0 fully saturated rings. The lowest BCUT2D eigenvalue weighted by Crippen LogP contribution is -2.26. The molecule has 0 saturated carbocycles. The Hall–Kier alpha value is -1.88. The van der Waals surface area contributed by atoms with Gasteiger partial charge in [-0.3, -0.25) is 9.59 Å². The van der Waals surface area contributed by atoms with Crippen LogP contribution in [-0.4, -0.2) is 24.1 Å². The van der Waals surface area contributed by atoms with Gasteiger partial charge in [-0.05, 0) is 38.5 Å². The van der Waals surface area contributed by atoms with Crippen molar-refractivity contribution in [2.45, 2.75) is 46.3 Å². The van der Waals surface area contributed by atoms with Gasteiger partial charge in [-0.2, -0.15) is 0 Å². The Labute approximate surface area is 125 Å². The molecule has 0 amide bonds. The summed E-state index contributed by atoms with van der Waals surface area (Å²) >= 11 is 0. The van der Waals surface area contributed by atoms with Crippen LogP contribution in [0.1, 0.15) is 39.7 Å². The number of rotatable bonds is 6. The van der Waals surface area contributed by atoms with Crippen LogP contribution in [-0.2, 0) is 20.9 Å². The molecule has 5 heteroatoms. The molecule has 0 atom stereocenters. The van der Waals surface area contributed by atoms with E-state index in [0.29, 0.717) is 25.3 Å². The van der Waals surface area contributed by atoms with Gasteiger partial charge in [0.05, 0.1) is 6.42 Å². The Morgan fingerprint density at radius 2 is 1.76 bits per heavy atom. The van der Waals surface area contributed by atoms with Gasteiger partial charge < -0.3 is 14.8 Å². The van der Waals surface area contributed by atoms with E-state index in [1.807, 2.05) is 32.9 Å². The second-order valence-corrected chi connectivity index (χ2v) is 5.75. The smallest absolute Gasteiger partial charge is 0.308 e. The Bertz CT molecular complexity index is 474. The van der Waals surface area contributed by atoms with Gasteiger partial charge in [0.2, 0.25) is 0 Å². The summed E-state index contributed by atoms with van der Waals surface area (Å²) in [5.41, 5.74) is 0.610. The highest BCUT2D eigenvalue weighted by molar-refractivity contribution is 5.70. The number of ether oxygens (including phenoxy) is 2. The predicted octanol–water partition coefficient (Wildman–Crippen LogP) is 2.43. The number of nitrogens with one attached hydrogen (secondary N) is 1. The van der Waals surface area contributed by atoms with Crippen molar-refractivity contribution in [2.24, 2.45) is 0 Å². The molecule has 21 heavy (non-hydrogen) atoms. The minimum absolute atomic E-state index is 0.208. The first-order chi connectivity index (χ1) is 9.76.